The molecule has 2 saturated heterocycles. The lowest BCUT2D eigenvalue weighted by Gasteiger charge is -2.36. The number of carbonyl (C=O) groups excluding carboxylic acids is 6. The molecule has 3 N–H and O–H groups in total. The van der Waals surface area contributed by atoms with Crippen LogP contribution in [0.25, 0.3) is 11.1 Å². The third kappa shape index (κ3) is 7.10. The van der Waals surface area contributed by atoms with E-state index in [0.29, 0.717) is 22.8 Å². The molecule has 16 heteroatoms. The van der Waals surface area contributed by atoms with Crippen molar-refractivity contribution in [3.8, 4) is 16.9 Å². The van der Waals surface area contributed by atoms with Crippen molar-refractivity contribution < 1.29 is 38.3 Å². The summed E-state index contributed by atoms with van der Waals surface area (Å²) in [5.74, 6) is -4.11. The highest BCUT2D eigenvalue weighted by Crippen LogP contribution is 2.38. The molecular formula is C43H36FN7O7S. The number of piperidine rings is 1. The summed E-state index contributed by atoms with van der Waals surface area (Å²) in [7, 11) is 0. The van der Waals surface area contributed by atoms with Gasteiger partial charge in [-0.2, -0.15) is 0 Å². The average molecular weight is 814 g/mol. The van der Waals surface area contributed by atoms with Crippen molar-refractivity contribution in [2.24, 2.45) is 0 Å². The number of nitrogens with zero attached hydrogens (tertiary/aromatic N) is 5. The summed E-state index contributed by atoms with van der Waals surface area (Å²) in [5.41, 5.74) is 5.22. The van der Waals surface area contributed by atoms with Gasteiger partial charge >= 0.3 is 0 Å². The normalized spacial score (nSPS) is 18.6. The summed E-state index contributed by atoms with van der Waals surface area (Å²) >= 11 is 1.20. The number of anilines is 2. The standard InChI is InChI=1S/C43H36FN7O7S/c44-28-6-11-35(52)33(21-28)37(39(55)47-43-45-13-18-59-43)50-23-27-3-2-26(20-31(27)40(50)56)25-4-7-29(8-5-25)49-16-14-48(15-17-49)22-24-1-9-30-32(19-24)42(58)51(41(30)57)34-10-12-36(53)46-38(34)54/h1-9,11,13,18-21,34,37,52H,10,12,14-17,22-23H2,(H,45,47,55)(H,46,53,54). The lowest BCUT2D eigenvalue weighted by Crippen LogP contribution is -2.54. The van der Waals surface area contributed by atoms with E-state index in [1.165, 1.54) is 22.4 Å². The molecule has 14 nitrogen and oxygen atoms in total. The molecule has 5 heterocycles. The monoisotopic (exact) mass is 813 g/mol. The number of imide groups is 2. The zero-order valence-electron chi connectivity index (χ0n) is 31.4. The number of phenols is 1. The fourth-order valence-corrected chi connectivity index (χ4v) is 8.80. The summed E-state index contributed by atoms with van der Waals surface area (Å²) in [6.07, 6.45) is 1.70. The molecule has 2 atom stereocenters. The first-order valence-electron chi connectivity index (χ1n) is 19.1. The van der Waals surface area contributed by atoms with Gasteiger partial charge in [-0.15, -0.1) is 11.3 Å². The van der Waals surface area contributed by atoms with Crippen molar-refractivity contribution in [1.29, 1.82) is 0 Å². The second-order valence-corrected chi connectivity index (χ2v) is 15.8. The van der Waals surface area contributed by atoms with Crippen LogP contribution in [0.15, 0.2) is 90.4 Å². The van der Waals surface area contributed by atoms with E-state index < -0.39 is 53.3 Å². The Kier molecular flexibility index (Phi) is 9.73. The highest BCUT2D eigenvalue weighted by Gasteiger charge is 2.45. The molecule has 0 radical (unpaired) electrons. The van der Waals surface area contributed by atoms with E-state index in [9.17, 15) is 38.3 Å². The minimum Gasteiger partial charge on any atom is -0.508 e. The number of piperazine rings is 1. The van der Waals surface area contributed by atoms with E-state index in [-0.39, 0.29) is 41.8 Å². The first-order chi connectivity index (χ1) is 28.5. The maximum Gasteiger partial charge on any atom is 0.262 e. The van der Waals surface area contributed by atoms with Gasteiger partial charge in [0.25, 0.3) is 23.6 Å². The minimum atomic E-state index is -1.32. The molecule has 4 aromatic carbocycles. The number of hydrogen-bond donors (Lipinski definition) is 3. The van der Waals surface area contributed by atoms with Crippen LogP contribution in [0.1, 0.15) is 66.6 Å². The fraction of sp³-hybridized carbons (Fsp3) is 0.233. The maximum absolute atomic E-state index is 14.4. The van der Waals surface area contributed by atoms with Crippen molar-refractivity contribution in [3.05, 3.63) is 130 Å². The van der Waals surface area contributed by atoms with Gasteiger partial charge < -0.3 is 14.9 Å². The van der Waals surface area contributed by atoms with E-state index in [1.54, 1.807) is 23.6 Å². The van der Waals surface area contributed by atoms with Gasteiger partial charge in [-0.05, 0) is 77.2 Å². The third-order valence-corrected chi connectivity index (χ3v) is 12.0. The van der Waals surface area contributed by atoms with Crippen molar-refractivity contribution >= 4 is 57.6 Å². The molecule has 298 valence electrons. The van der Waals surface area contributed by atoms with Crippen LogP contribution in [0.4, 0.5) is 15.2 Å². The number of nitrogens with one attached hydrogen (secondary N) is 2. The lowest BCUT2D eigenvalue weighted by molar-refractivity contribution is -0.136. The second kappa shape index (κ2) is 15.2. The zero-order valence-corrected chi connectivity index (χ0v) is 32.2. The van der Waals surface area contributed by atoms with Crippen LogP contribution < -0.4 is 15.5 Å². The predicted molar refractivity (Wildman–Crippen MR) is 214 cm³/mol. The average Bonchev–Trinajstić information content (AvgIpc) is 3.93. The molecule has 4 aliphatic heterocycles. The summed E-state index contributed by atoms with van der Waals surface area (Å²) < 4.78 is 14.4. The van der Waals surface area contributed by atoms with Gasteiger partial charge in [-0.25, -0.2) is 9.37 Å². The smallest absolute Gasteiger partial charge is 0.262 e. The minimum absolute atomic E-state index is 0.0330. The SMILES string of the molecule is O=C1CCC(N2C(=O)c3ccc(CN4CCN(c5ccc(-c6ccc7c(c6)C(=O)N(C(C(=O)Nc6nccs6)c6cc(F)ccc6O)C7)cc5)CC4)cc3C2=O)C(=O)N1. The molecule has 0 aliphatic carbocycles. The molecule has 9 rings (SSSR count). The van der Waals surface area contributed by atoms with E-state index in [1.807, 2.05) is 42.5 Å². The molecular weight excluding hydrogens is 778 g/mol. The topological polar surface area (TPSA) is 173 Å². The van der Waals surface area contributed by atoms with Crippen LogP contribution in [0, 0.1) is 5.82 Å². The lowest BCUT2D eigenvalue weighted by atomic mass is 10.00. The summed E-state index contributed by atoms with van der Waals surface area (Å²) in [6, 6.07) is 19.8. The molecule has 0 saturated carbocycles. The van der Waals surface area contributed by atoms with E-state index in [2.05, 4.69) is 25.4 Å². The first-order valence-corrected chi connectivity index (χ1v) is 20.0. The molecule has 5 aromatic rings. The third-order valence-electron chi connectivity index (χ3n) is 11.3. The number of aromatic nitrogens is 1. The molecule has 1 aromatic heterocycles. The number of rotatable bonds is 9. The number of halogens is 1. The molecule has 4 aliphatic rings. The molecule has 2 fully saturated rings. The van der Waals surface area contributed by atoms with Crippen molar-refractivity contribution in [2.45, 2.75) is 38.0 Å². The van der Waals surface area contributed by atoms with Gasteiger partial charge in [-0.3, -0.25) is 49.2 Å². The molecule has 2 unspecified atom stereocenters. The fourth-order valence-electron chi connectivity index (χ4n) is 8.27. The number of fused-ring (bicyclic) bond motifs is 2. The van der Waals surface area contributed by atoms with Crippen molar-refractivity contribution in [1.82, 2.24) is 25.0 Å². The van der Waals surface area contributed by atoms with Gasteiger partial charge in [0.05, 0.1) is 11.1 Å². The van der Waals surface area contributed by atoms with Crippen LogP contribution in [-0.2, 0) is 27.5 Å². The highest BCUT2D eigenvalue weighted by atomic mass is 32.1. The Bertz CT molecular complexity index is 2560. The Hall–Kier alpha value is -6.78. The number of benzene rings is 4. The van der Waals surface area contributed by atoms with Gasteiger partial charge in [0.1, 0.15) is 23.7 Å². The number of phenolic OH excluding ortho intramolecular Hbond substituents is 1. The molecule has 6 amide bonds. The number of carbonyl (C=O) groups is 6. The summed E-state index contributed by atoms with van der Waals surface area (Å²) in [6.45, 7) is 3.69. The van der Waals surface area contributed by atoms with Crippen LogP contribution >= 0.6 is 11.3 Å². The Morgan fingerprint density at radius 1 is 0.864 bits per heavy atom. The quantitative estimate of drug-likeness (QED) is 0.177. The Morgan fingerprint density at radius 2 is 1.63 bits per heavy atom. The summed E-state index contributed by atoms with van der Waals surface area (Å²) in [4.78, 5) is 89.0. The Labute approximate surface area is 340 Å². The van der Waals surface area contributed by atoms with Gasteiger partial charge in [0.2, 0.25) is 11.8 Å². The zero-order chi connectivity index (χ0) is 40.9. The van der Waals surface area contributed by atoms with Crippen LogP contribution in [0.2, 0.25) is 0 Å². The first kappa shape index (κ1) is 37.8. The Balaban J connectivity index is 0.842. The van der Waals surface area contributed by atoms with Crippen LogP contribution in [-0.4, -0.2) is 92.5 Å². The van der Waals surface area contributed by atoms with E-state index in [4.69, 9.17) is 0 Å². The molecule has 59 heavy (non-hydrogen) atoms. The number of hydrogen-bond acceptors (Lipinski definition) is 11. The van der Waals surface area contributed by atoms with Crippen molar-refractivity contribution in [2.75, 3.05) is 36.4 Å². The Morgan fingerprint density at radius 3 is 2.37 bits per heavy atom. The van der Waals surface area contributed by atoms with Crippen LogP contribution in [0.3, 0.4) is 0 Å². The van der Waals surface area contributed by atoms with Gasteiger partial charge in [0.15, 0.2) is 5.13 Å². The van der Waals surface area contributed by atoms with Gasteiger partial charge in [-0.1, -0.05) is 30.3 Å². The van der Waals surface area contributed by atoms with Gasteiger partial charge in [0, 0.05) is 74.1 Å². The molecule has 0 bridgehead atoms. The maximum atomic E-state index is 14.4. The number of aromatic hydroxyl groups is 1. The van der Waals surface area contributed by atoms with Crippen molar-refractivity contribution in [3.63, 3.8) is 0 Å². The molecule has 0 spiro atoms. The predicted octanol–water partition coefficient (Wildman–Crippen LogP) is 4.71. The highest BCUT2D eigenvalue weighted by molar-refractivity contribution is 7.13. The largest absolute Gasteiger partial charge is 0.508 e. The van der Waals surface area contributed by atoms with E-state index in [0.717, 1.165) is 71.7 Å². The second-order valence-electron chi connectivity index (χ2n) is 14.9. The summed E-state index contributed by atoms with van der Waals surface area (Å²) in [5, 5.41) is 17.6. The number of thiazole rings is 1. The number of amides is 6. The van der Waals surface area contributed by atoms with Crippen LogP contribution in [0.5, 0.6) is 5.75 Å². The van der Waals surface area contributed by atoms with E-state index >= 15 is 0 Å².